The van der Waals surface area contributed by atoms with E-state index >= 15 is 0 Å². The maximum Gasteiger partial charge on any atom is 0.161 e. The Labute approximate surface area is 150 Å². The fraction of sp³-hybridized carbons (Fsp3) is 0.400. The van der Waals surface area contributed by atoms with Crippen molar-refractivity contribution in [2.45, 2.75) is 38.8 Å². The van der Waals surface area contributed by atoms with E-state index in [0.717, 1.165) is 22.6 Å². The molecule has 1 aliphatic carbocycles. The summed E-state index contributed by atoms with van der Waals surface area (Å²) in [6, 6.07) is 16.4. The van der Waals surface area contributed by atoms with Gasteiger partial charge in [-0.05, 0) is 48.9 Å². The van der Waals surface area contributed by atoms with E-state index in [4.69, 9.17) is 15.2 Å². The van der Waals surface area contributed by atoms with E-state index in [1.54, 1.807) is 0 Å². The summed E-state index contributed by atoms with van der Waals surface area (Å²) in [4.78, 5) is 0. The zero-order valence-electron chi connectivity index (χ0n) is 14.1. The summed E-state index contributed by atoms with van der Waals surface area (Å²) in [7, 11) is 0. The number of rotatable bonds is 7. The molecule has 0 unspecified atom stereocenters. The standard InChI is InChI=1S/C20H25NO2.ClH/c1-2-22-19-13-17(20(21)16-9-6-10-16)11-12-18(19)23-14-15-7-4-3-5-8-15;/h3-5,7-8,11-13,16,20H,2,6,9-10,14,21H2,1H3;1H/t20-;/m1./s1. The van der Waals surface area contributed by atoms with Gasteiger partial charge in [0, 0.05) is 6.04 Å². The first kappa shape index (κ1) is 18.6. The van der Waals surface area contributed by atoms with Crippen LogP contribution in [-0.2, 0) is 6.61 Å². The number of nitrogens with two attached hydrogens (primary N) is 1. The van der Waals surface area contributed by atoms with Crippen LogP contribution in [-0.4, -0.2) is 6.61 Å². The van der Waals surface area contributed by atoms with Gasteiger partial charge >= 0.3 is 0 Å². The molecular weight excluding hydrogens is 322 g/mol. The van der Waals surface area contributed by atoms with Crippen LogP contribution in [0.3, 0.4) is 0 Å². The molecule has 2 aromatic rings. The van der Waals surface area contributed by atoms with Crippen LogP contribution < -0.4 is 15.2 Å². The SMILES string of the molecule is CCOc1cc([C@H](N)C2CCC2)ccc1OCc1ccccc1.Cl. The fourth-order valence-electron chi connectivity index (χ4n) is 2.93. The minimum Gasteiger partial charge on any atom is -0.490 e. The monoisotopic (exact) mass is 347 g/mol. The zero-order chi connectivity index (χ0) is 16.1. The third kappa shape index (κ3) is 4.43. The van der Waals surface area contributed by atoms with Crippen molar-refractivity contribution in [2.24, 2.45) is 11.7 Å². The molecule has 1 aliphatic rings. The van der Waals surface area contributed by atoms with E-state index in [-0.39, 0.29) is 18.4 Å². The van der Waals surface area contributed by atoms with Gasteiger partial charge in [-0.1, -0.05) is 42.8 Å². The number of benzene rings is 2. The lowest BCUT2D eigenvalue weighted by molar-refractivity contribution is 0.258. The van der Waals surface area contributed by atoms with Crippen molar-refractivity contribution in [3.8, 4) is 11.5 Å². The molecule has 130 valence electrons. The predicted octanol–water partition coefficient (Wildman–Crippen LogP) is 4.89. The topological polar surface area (TPSA) is 44.5 Å². The minimum absolute atomic E-state index is 0. The van der Waals surface area contributed by atoms with Crippen LogP contribution in [0.5, 0.6) is 11.5 Å². The highest BCUT2D eigenvalue weighted by Crippen LogP contribution is 2.39. The zero-order valence-corrected chi connectivity index (χ0v) is 14.9. The van der Waals surface area contributed by atoms with Crippen LogP contribution >= 0.6 is 12.4 Å². The molecule has 3 nitrogen and oxygen atoms in total. The molecule has 0 amide bonds. The van der Waals surface area contributed by atoms with Crippen molar-refractivity contribution in [1.82, 2.24) is 0 Å². The van der Waals surface area contributed by atoms with Crippen molar-refractivity contribution in [2.75, 3.05) is 6.61 Å². The smallest absolute Gasteiger partial charge is 0.161 e. The van der Waals surface area contributed by atoms with Crippen molar-refractivity contribution in [3.05, 3.63) is 59.7 Å². The van der Waals surface area contributed by atoms with Crippen LogP contribution in [0.15, 0.2) is 48.5 Å². The molecule has 0 radical (unpaired) electrons. The normalized spacial score (nSPS) is 15.1. The highest BCUT2D eigenvalue weighted by atomic mass is 35.5. The lowest BCUT2D eigenvalue weighted by Crippen LogP contribution is -2.26. The Hall–Kier alpha value is -1.71. The molecule has 0 aromatic heterocycles. The van der Waals surface area contributed by atoms with Crippen molar-refractivity contribution >= 4 is 12.4 Å². The van der Waals surface area contributed by atoms with Gasteiger partial charge in [0.15, 0.2) is 11.5 Å². The van der Waals surface area contributed by atoms with Gasteiger partial charge in [-0.3, -0.25) is 0 Å². The Morgan fingerprint density at radius 2 is 1.79 bits per heavy atom. The molecule has 0 bridgehead atoms. The maximum absolute atomic E-state index is 6.38. The van der Waals surface area contributed by atoms with Gasteiger partial charge in [0.2, 0.25) is 0 Å². The summed E-state index contributed by atoms with van der Waals surface area (Å²) in [5.74, 6) is 2.18. The average Bonchev–Trinajstić information content (AvgIpc) is 2.53. The molecule has 24 heavy (non-hydrogen) atoms. The Kier molecular flexibility index (Phi) is 6.95. The molecule has 0 spiro atoms. The van der Waals surface area contributed by atoms with E-state index in [2.05, 4.69) is 18.2 Å². The Bertz CT molecular complexity index is 629. The van der Waals surface area contributed by atoms with Crippen molar-refractivity contribution < 1.29 is 9.47 Å². The molecule has 1 saturated carbocycles. The van der Waals surface area contributed by atoms with Crippen molar-refractivity contribution in [1.29, 1.82) is 0 Å². The third-order valence-corrected chi connectivity index (χ3v) is 4.55. The molecule has 1 atom stereocenters. The van der Waals surface area contributed by atoms with Crippen LogP contribution in [0.2, 0.25) is 0 Å². The first-order valence-electron chi connectivity index (χ1n) is 8.47. The van der Waals surface area contributed by atoms with E-state index in [9.17, 15) is 0 Å². The summed E-state index contributed by atoms with van der Waals surface area (Å²) in [6.07, 6.45) is 3.77. The first-order chi connectivity index (χ1) is 11.3. The van der Waals surface area contributed by atoms with E-state index in [1.807, 2.05) is 37.3 Å². The van der Waals surface area contributed by atoms with Gasteiger partial charge in [-0.15, -0.1) is 12.4 Å². The molecule has 0 aliphatic heterocycles. The average molecular weight is 348 g/mol. The van der Waals surface area contributed by atoms with Gasteiger partial charge in [-0.2, -0.15) is 0 Å². The van der Waals surface area contributed by atoms with Crippen LogP contribution in [0, 0.1) is 5.92 Å². The number of hydrogen-bond acceptors (Lipinski definition) is 3. The van der Waals surface area contributed by atoms with Crippen LogP contribution in [0.1, 0.15) is 43.4 Å². The first-order valence-corrected chi connectivity index (χ1v) is 8.47. The lowest BCUT2D eigenvalue weighted by Gasteiger charge is -2.31. The summed E-state index contributed by atoms with van der Waals surface area (Å²) in [6.45, 7) is 3.14. The van der Waals surface area contributed by atoms with E-state index in [0.29, 0.717) is 19.1 Å². The molecular formula is C20H26ClNO2. The number of ether oxygens (including phenoxy) is 2. The summed E-state index contributed by atoms with van der Waals surface area (Å²) in [5, 5.41) is 0. The second-order valence-electron chi connectivity index (χ2n) is 6.13. The molecule has 2 N–H and O–H groups in total. The molecule has 0 saturated heterocycles. The molecule has 0 heterocycles. The Morgan fingerprint density at radius 1 is 1.04 bits per heavy atom. The molecule has 3 rings (SSSR count). The molecule has 1 fully saturated rings. The quantitative estimate of drug-likeness (QED) is 0.775. The van der Waals surface area contributed by atoms with Gasteiger partial charge in [0.1, 0.15) is 6.61 Å². The van der Waals surface area contributed by atoms with Gasteiger partial charge < -0.3 is 15.2 Å². The Morgan fingerprint density at radius 3 is 2.42 bits per heavy atom. The molecule has 4 heteroatoms. The second kappa shape index (κ2) is 8.95. The van der Waals surface area contributed by atoms with Crippen LogP contribution in [0.4, 0.5) is 0 Å². The third-order valence-electron chi connectivity index (χ3n) is 4.55. The maximum atomic E-state index is 6.38. The highest BCUT2D eigenvalue weighted by Gasteiger charge is 2.26. The summed E-state index contributed by atoms with van der Waals surface area (Å²) in [5.41, 5.74) is 8.67. The van der Waals surface area contributed by atoms with Crippen LogP contribution in [0.25, 0.3) is 0 Å². The summed E-state index contributed by atoms with van der Waals surface area (Å²) < 4.78 is 11.7. The highest BCUT2D eigenvalue weighted by molar-refractivity contribution is 5.85. The predicted molar refractivity (Wildman–Crippen MR) is 99.9 cm³/mol. The van der Waals surface area contributed by atoms with E-state index < -0.39 is 0 Å². The van der Waals surface area contributed by atoms with Gasteiger partial charge in [0.05, 0.1) is 6.61 Å². The van der Waals surface area contributed by atoms with E-state index in [1.165, 1.54) is 19.3 Å². The van der Waals surface area contributed by atoms with Gasteiger partial charge in [-0.25, -0.2) is 0 Å². The summed E-state index contributed by atoms with van der Waals surface area (Å²) >= 11 is 0. The fourth-order valence-corrected chi connectivity index (χ4v) is 2.93. The lowest BCUT2D eigenvalue weighted by atomic mass is 9.77. The molecule has 2 aromatic carbocycles. The minimum atomic E-state index is 0. The number of hydrogen-bond donors (Lipinski definition) is 1. The number of halogens is 1. The largest absolute Gasteiger partial charge is 0.490 e. The Balaban J connectivity index is 0.00000208. The second-order valence-corrected chi connectivity index (χ2v) is 6.13. The van der Waals surface area contributed by atoms with Crippen molar-refractivity contribution in [3.63, 3.8) is 0 Å². The van der Waals surface area contributed by atoms with Gasteiger partial charge in [0.25, 0.3) is 0 Å².